The highest BCUT2D eigenvalue weighted by atomic mass is 16.7. The Hall–Kier alpha value is -2.76. The number of carbonyl (C=O) groups excluding carboxylic acids is 1. The van der Waals surface area contributed by atoms with Gasteiger partial charge in [0, 0.05) is 12.5 Å². The number of fused-ring (bicyclic) bond motifs is 1. The highest BCUT2D eigenvalue weighted by Crippen LogP contribution is 2.21. The molecular weight excluding hydrogens is 244 g/mol. The summed E-state index contributed by atoms with van der Waals surface area (Å²) < 4.78 is 0. The van der Waals surface area contributed by atoms with Gasteiger partial charge in [0.2, 0.25) is 5.82 Å². The van der Waals surface area contributed by atoms with Crippen molar-refractivity contribution in [3.05, 3.63) is 42.5 Å². The fourth-order valence-electron chi connectivity index (χ4n) is 1.86. The maximum atomic E-state index is 11.0. The van der Waals surface area contributed by atoms with Crippen LogP contribution in [0, 0.1) is 0 Å². The van der Waals surface area contributed by atoms with E-state index in [2.05, 4.69) is 15.5 Å². The van der Waals surface area contributed by atoms with Crippen molar-refractivity contribution in [1.29, 1.82) is 0 Å². The average molecular weight is 254 g/mol. The quantitative estimate of drug-likeness (QED) is 0.648. The molecule has 0 unspecified atom stereocenters. The lowest BCUT2D eigenvalue weighted by Gasteiger charge is -2.04. The third-order valence-electron chi connectivity index (χ3n) is 2.66. The zero-order valence-corrected chi connectivity index (χ0v) is 10.1. The van der Waals surface area contributed by atoms with Crippen molar-refractivity contribution >= 4 is 16.7 Å². The summed E-state index contributed by atoms with van der Waals surface area (Å²) in [5.74, 6) is -0.0877. The number of aromatic nitrogens is 4. The molecule has 0 atom stereocenters. The molecule has 0 spiro atoms. The summed E-state index contributed by atoms with van der Waals surface area (Å²) in [6.45, 7) is 1.30. The number of nitrogens with zero attached hydrogens (tertiary/aromatic N) is 4. The van der Waals surface area contributed by atoms with Crippen molar-refractivity contribution in [2.45, 2.75) is 6.92 Å². The van der Waals surface area contributed by atoms with E-state index in [0.29, 0.717) is 5.82 Å². The topological polar surface area (TPSA) is 69.9 Å². The Morgan fingerprint density at radius 3 is 2.74 bits per heavy atom. The molecule has 0 aliphatic carbocycles. The number of hydrogen-bond donors (Lipinski definition) is 0. The van der Waals surface area contributed by atoms with Crippen LogP contribution in [-0.4, -0.2) is 26.3 Å². The van der Waals surface area contributed by atoms with Crippen molar-refractivity contribution in [1.82, 2.24) is 20.4 Å². The second-order valence-electron chi connectivity index (χ2n) is 4.02. The standard InChI is InChI=1S/C13H10N4O2/c1-9(18)19-17-13(14-15-16-17)12-7-6-10-4-2-3-5-11(10)8-12/h2-8H,1H3. The maximum absolute atomic E-state index is 11.0. The monoisotopic (exact) mass is 254 g/mol. The molecule has 0 aliphatic rings. The summed E-state index contributed by atoms with van der Waals surface area (Å²) in [7, 11) is 0. The summed E-state index contributed by atoms with van der Waals surface area (Å²) in [6.07, 6.45) is 0. The Morgan fingerprint density at radius 1 is 1.16 bits per heavy atom. The van der Waals surface area contributed by atoms with Crippen LogP contribution >= 0.6 is 0 Å². The van der Waals surface area contributed by atoms with E-state index in [-0.39, 0.29) is 0 Å². The van der Waals surface area contributed by atoms with Crippen molar-refractivity contribution in [2.75, 3.05) is 0 Å². The largest absolute Gasteiger partial charge is 0.332 e. The Balaban J connectivity index is 2.09. The summed E-state index contributed by atoms with van der Waals surface area (Å²) >= 11 is 0. The third-order valence-corrected chi connectivity index (χ3v) is 2.66. The molecule has 94 valence electrons. The minimum absolute atomic E-state index is 0.390. The molecule has 0 aliphatic heterocycles. The van der Waals surface area contributed by atoms with Gasteiger partial charge in [-0.1, -0.05) is 36.4 Å². The van der Waals surface area contributed by atoms with Gasteiger partial charge >= 0.3 is 5.97 Å². The van der Waals surface area contributed by atoms with Gasteiger partial charge in [0.25, 0.3) is 0 Å². The number of benzene rings is 2. The van der Waals surface area contributed by atoms with E-state index in [1.807, 2.05) is 42.5 Å². The van der Waals surface area contributed by atoms with Gasteiger partial charge in [0.15, 0.2) is 0 Å². The molecule has 1 aromatic heterocycles. The molecule has 0 fully saturated rings. The molecule has 6 nitrogen and oxygen atoms in total. The predicted octanol–water partition coefficient (Wildman–Crippen LogP) is 1.47. The zero-order valence-electron chi connectivity index (χ0n) is 10.1. The molecule has 2 aromatic carbocycles. The normalized spacial score (nSPS) is 10.6. The van der Waals surface area contributed by atoms with Crippen LogP contribution in [0.1, 0.15) is 6.92 Å². The highest BCUT2D eigenvalue weighted by molar-refractivity contribution is 5.86. The van der Waals surface area contributed by atoms with E-state index >= 15 is 0 Å². The molecule has 19 heavy (non-hydrogen) atoms. The number of hydrogen-bond acceptors (Lipinski definition) is 5. The van der Waals surface area contributed by atoms with Crippen LogP contribution in [0.25, 0.3) is 22.2 Å². The second-order valence-corrected chi connectivity index (χ2v) is 4.02. The minimum Gasteiger partial charge on any atom is -0.316 e. The molecule has 0 saturated heterocycles. The first-order valence-corrected chi connectivity index (χ1v) is 5.70. The van der Waals surface area contributed by atoms with Crippen molar-refractivity contribution in [2.24, 2.45) is 0 Å². The molecule has 6 heteroatoms. The van der Waals surface area contributed by atoms with Crippen molar-refractivity contribution < 1.29 is 9.63 Å². The maximum Gasteiger partial charge on any atom is 0.332 e. The first-order valence-electron chi connectivity index (χ1n) is 5.70. The molecule has 1 heterocycles. The SMILES string of the molecule is CC(=O)On1nnnc1-c1ccc2ccccc2c1. The lowest BCUT2D eigenvalue weighted by Crippen LogP contribution is -2.19. The van der Waals surface area contributed by atoms with Gasteiger partial charge in [0.05, 0.1) is 0 Å². The smallest absolute Gasteiger partial charge is 0.316 e. The number of carbonyl (C=O) groups is 1. The molecule has 0 bridgehead atoms. The first kappa shape index (κ1) is 11.3. The molecule has 0 amide bonds. The van der Waals surface area contributed by atoms with Gasteiger partial charge in [-0.15, -0.1) is 5.10 Å². The number of rotatable bonds is 2. The first-order chi connectivity index (χ1) is 9.24. The molecule has 3 aromatic rings. The van der Waals surface area contributed by atoms with E-state index in [0.717, 1.165) is 21.2 Å². The van der Waals surface area contributed by atoms with Gasteiger partial charge < -0.3 is 4.84 Å². The summed E-state index contributed by atoms with van der Waals surface area (Å²) in [4.78, 5) is 16.9. The molecule has 0 N–H and O–H groups in total. The van der Waals surface area contributed by atoms with Gasteiger partial charge in [-0.2, -0.15) is 0 Å². The predicted molar refractivity (Wildman–Crippen MR) is 68.0 cm³/mol. The molecular formula is C13H10N4O2. The van der Waals surface area contributed by atoms with Crippen LogP contribution in [0.5, 0.6) is 0 Å². The minimum atomic E-state index is -0.477. The Morgan fingerprint density at radius 2 is 1.95 bits per heavy atom. The van der Waals surface area contributed by atoms with Crippen LogP contribution in [0.15, 0.2) is 42.5 Å². The van der Waals surface area contributed by atoms with Crippen LogP contribution in [0.2, 0.25) is 0 Å². The van der Waals surface area contributed by atoms with Crippen LogP contribution < -0.4 is 4.84 Å². The van der Waals surface area contributed by atoms with Gasteiger partial charge in [-0.3, -0.25) is 0 Å². The highest BCUT2D eigenvalue weighted by Gasteiger charge is 2.11. The fourth-order valence-corrected chi connectivity index (χ4v) is 1.86. The van der Waals surface area contributed by atoms with E-state index < -0.39 is 5.97 Å². The molecule has 0 saturated carbocycles. The van der Waals surface area contributed by atoms with Crippen LogP contribution in [0.4, 0.5) is 0 Å². The van der Waals surface area contributed by atoms with Gasteiger partial charge in [-0.05, 0) is 32.1 Å². The Bertz CT molecular complexity index is 751. The zero-order chi connectivity index (χ0) is 13.2. The summed E-state index contributed by atoms with van der Waals surface area (Å²) in [5, 5.41) is 13.2. The summed E-state index contributed by atoms with van der Waals surface area (Å²) in [5.41, 5.74) is 0.782. The van der Waals surface area contributed by atoms with Crippen LogP contribution in [0.3, 0.4) is 0 Å². The van der Waals surface area contributed by atoms with E-state index in [4.69, 9.17) is 4.84 Å². The van der Waals surface area contributed by atoms with E-state index in [9.17, 15) is 4.79 Å². The third kappa shape index (κ3) is 2.15. The van der Waals surface area contributed by atoms with Gasteiger partial charge in [-0.25, -0.2) is 4.79 Å². The number of tetrazole rings is 1. The lowest BCUT2D eigenvalue weighted by molar-refractivity contribution is -0.143. The van der Waals surface area contributed by atoms with Crippen molar-refractivity contribution in [3.8, 4) is 11.4 Å². The Kier molecular flexibility index (Phi) is 2.68. The van der Waals surface area contributed by atoms with Gasteiger partial charge in [0.1, 0.15) is 0 Å². The molecule has 3 rings (SSSR count). The lowest BCUT2D eigenvalue weighted by atomic mass is 10.1. The Labute approximate surface area is 108 Å². The summed E-state index contributed by atoms with van der Waals surface area (Å²) in [6, 6.07) is 13.8. The molecule has 0 radical (unpaired) electrons. The average Bonchev–Trinajstić information content (AvgIpc) is 2.85. The van der Waals surface area contributed by atoms with Crippen LogP contribution in [-0.2, 0) is 4.79 Å². The van der Waals surface area contributed by atoms with E-state index in [1.54, 1.807) is 0 Å². The van der Waals surface area contributed by atoms with E-state index in [1.165, 1.54) is 6.92 Å². The fraction of sp³-hybridized carbons (Fsp3) is 0.0769. The second kappa shape index (κ2) is 4.49. The van der Waals surface area contributed by atoms with Crippen molar-refractivity contribution in [3.63, 3.8) is 0 Å².